The fourth-order valence-electron chi connectivity index (χ4n) is 2.82. The number of ether oxygens (including phenoxy) is 1. The predicted molar refractivity (Wildman–Crippen MR) is 111 cm³/mol. The van der Waals surface area contributed by atoms with Crippen LogP contribution in [0.1, 0.15) is 37.8 Å². The number of rotatable bonds is 7. The summed E-state index contributed by atoms with van der Waals surface area (Å²) in [6.07, 6.45) is 1.89. The number of aryl methyl sites for hydroxylation is 2. The molecule has 1 aromatic rings. The third-order valence-electron chi connectivity index (χ3n) is 4.19. The molecule has 1 aliphatic rings. The lowest BCUT2D eigenvalue weighted by Crippen LogP contribution is -2.48. The minimum Gasteiger partial charge on any atom is -0.374 e. The molecule has 0 aromatic carbocycles. The number of hydrogen-bond donors (Lipinski definition) is 2. The van der Waals surface area contributed by atoms with Gasteiger partial charge in [-0.3, -0.25) is 0 Å². The molecule has 7 nitrogen and oxygen atoms in total. The van der Waals surface area contributed by atoms with Crippen LogP contribution in [-0.4, -0.2) is 62.0 Å². The summed E-state index contributed by atoms with van der Waals surface area (Å²) in [4.78, 5) is 6.99. The Hall–Kier alpha value is -0.870. The fourth-order valence-corrected chi connectivity index (χ4v) is 2.82. The summed E-state index contributed by atoms with van der Waals surface area (Å²) in [6, 6.07) is 0. The van der Waals surface area contributed by atoms with Crippen molar-refractivity contribution < 1.29 is 9.26 Å². The number of nitrogens with one attached hydrogen (secondary N) is 2. The molecule has 1 unspecified atom stereocenters. The van der Waals surface area contributed by atoms with E-state index in [0.717, 1.165) is 68.6 Å². The van der Waals surface area contributed by atoms with Crippen LogP contribution < -0.4 is 10.6 Å². The van der Waals surface area contributed by atoms with Crippen molar-refractivity contribution in [3.63, 3.8) is 0 Å². The van der Waals surface area contributed by atoms with Gasteiger partial charge in [0.15, 0.2) is 5.96 Å². The molecule has 1 atom stereocenters. The van der Waals surface area contributed by atoms with Gasteiger partial charge < -0.3 is 24.8 Å². The van der Waals surface area contributed by atoms with Crippen LogP contribution in [0, 0.1) is 0 Å². The molecule has 25 heavy (non-hydrogen) atoms. The van der Waals surface area contributed by atoms with Crippen molar-refractivity contribution in [3.05, 3.63) is 17.0 Å². The predicted octanol–water partition coefficient (Wildman–Crippen LogP) is 1.80. The summed E-state index contributed by atoms with van der Waals surface area (Å²) in [5.41, 5.74) is 2.12. The van der Waals surface area contributed by atoms with Gasteiger partial charge in [-0.15, -0.1) is 24.0 Å². The number of hydrogen-bond acceptors (Lipinski definition) is 5. The van der Waals surface area contributed by atoms with E-state index in [2.05, 4.69) is 48.5 Å². The highest BCUT2D eigenvalue weighted by atomic mass is 127. The van der Waals surface area contributed by atoms with E-state index in [0.29, 0.717) is 6.54 Å². The van der Waals surface area contributed by atoms with Crippen LogP contribution >= 0.6 is 24.0 Å². The van der Waals surface area contributed by atoms with Crippen LogP contribution in [0.5, 0.6) is 0 Å². The normalized spacial score (nSPS) is 18.7. The number of nitrogens with zero attached hydrogens (tertiary/aromatic N) is 3. The van der Waals surface area contributed by atoms with Crippen LogP contribution in [-0.2, 0) is 24.1 Å². The maximum atomic E-state index is 5.79. The molecule has 2 N–H and O–H groups in total. The van der Waals surface area contributed by atoms with Gasteiger partial charge in [-0.25, -0.2) is 4.99 Å². The van der Waals surface area contributed by atoms with E-state index < -0.39 is 0 Å². The minimum atomic E-state index is 0. The SMILES string of the molecule is CCNC(=NCc1c(CC)noc1CC)NCC1CN(C)CCO1.I. The quantitative estimate of drug-likeness (QED) is 0.364. The number of guanidine groups is 1. The molecule has 0 bridgehead atoms. The standard InChI is InChI=1S/C17H31N5O2.HI/c1-5-15-14(16(6-2)24-21-15)11-20-17(18-7-3)19-10-13-12-22(4)8-9-23-13;/h13H,5-12H2,1-4H3,(H2,18,19,20);1H. The Balaban J connectivity index is 0.00000312. The maximum absolute atomic E-state index is 5.79. The lowest BCUT2D eigenvalue weighted by Gasteiger charge is -2.30. The summed E-state index contributed by atoms with van der Waals surface area (Å²) in [5.74, 6) is 1.74. The fraction of sp³-hybridized carbons (Fsp3) is 0.765. The molecule has 0 spiro atoms. The van der Waals surface area contributed by atoms with E-state index in [1.807, 2.05) is 0 Å². The molecule has 144 valence electrons. The molecule has 0 aliphatic carbocycles. The van der Waals surface area contributed by atoms with Crippen molar-refractivity contribution in [1.82, 2.24) is 20.7 Å². The lowest BCUT2D eigenvalue weighted by atomic mass is 10.1. The summed E-state index contributed by atoms with van der Waals surface area (Å²) in [5, 5.41) is 10.8. The minimum absolute atomic E-state index is 0. The topological polar surface area (TPSA) is 74.9 Å². The van der Waals surface area contributed by atoms with E-state index in [-0.39, 0.29) is 30.1 Å². The summed E-state index contributed by atoms with van der Waals surface area (Å²) >= 11 is 0. The van der Waals surface area contributed by atoms with Gasteiger partial charge in [-0.05, 0) is 20.4 Å². The molecular weight excluding hydrogens is 433 g/mol. The van der Waals surface area contributed by atoms with E-state index in [1.54, 1.807) is 0 Å². The summed E-state index contributed by atoms with van der Waals surface area (Å²) in [6.45, 7) is 11.1. The smallest absolute Gasteiger partial charge is 0.191 e. The molecule has 2 heterocycles. The van der Waals surface area contributed by atoms with E-state index in [4.69, 9.17) is 14.3 Å². The highest BCUT2D eigenvalue weighted by Gasteiger charge is 2.18. The average Bonchev–Trinajstić information content (AvgIpc) is 2.99. The Labute approximate surface area is 168 Å². The molecule has 0 saturated carbocycles. The zero-order valence-corrected chi connectivity index (χ0v) is 18.1. The monoisotopic (exact) mass is 465 g/mol. The second kappa shape index (κ2) is 11.7. The lowest BCUT2D eigenvalue weighted by molar-refractivity contribution is -0.0161. The first kappa shape index (κ1) is 22.2. The molecule has 0 radical (unpaired) electrons. The Morgan fingerprint density at radius 1 is 1.28 bits per heavy atom. The zero-order chi connectivity index (χ0) is 17.4. The Kier molecular flexibility index (Phi) is 10.4. The Bertz CT molecular complexity index is 514. The van der Waals surface area contributed by atoms with Crippen LogP contribution in [0.25, 0.3) is 0 Å². The van der Waals surface area contributed by atoms with Gasteiger partial charge in [0.05, 0.1) is 24.9 Å². The Morgan fingerprint density at radius 2 is 2.08 bits per heavy atom. The molecule has 8 heteroatoms. The van der Waals surface area contributed by atoms with Crippen LogP contribution in [0.2, 0.25) is 0 Å². The largest absolute Gasteiger partial charge is 0.374 e. The number of aliphatic imine (C=N–C) groups is 1. The number of likely N-dealkylation sites (N-methyl/N-ethyl adjacent to an activating group) is 1. The van der Waals surface area contributed by atoms with Crippen LogP contribution in [0.4, 0.5) is 0 Å². The van der Waals surface area contributed by atoms with E-state index >= 15 is 0 Å². The van der Waals surface area contributed by atoms with Crippen molar-refractivity contribution in [2.24, 2.45) is 4.99 Å². The second-order valence-corrected chi connectivity index (χ2v) is 6.07. The van der Waals surface area contributed by atoms with Gasteiger partial charge in [-0.2, -0.15) is 0 Å². The molecule has 1 saturated heterocycles. The van der Waals surface area contributed by atoms with Gasteiger partial charge >= 0.3 is 0 Å². The molecule has 0 amide bonds. The van der Waals surface area contributed by atoms with E-state index in [1.165, 1.54) is 0 Å². The van der Waals surface area contributed by atoms with Crippen molar-refractivity contribution in [2.45, 2.75) is 46.3 Å². The van der Waals surface area contributed by atoms with Crippen molar-refractivity contribution in [2.75, 3.05) is 39.8 Å². The van der Waals surface area contributed by atoms with Crippen molar-refractivity contribution in [3.8, 4) is 0 Å². The summed E-state index contributed by atoms with van der Waals surface area (Å²) < 4.78 is 11.2. The van der Waals surface area contributed by atoms with Gasteiger partial charge in [-0.1, -0.05) is 19.0 Å². The first-order valence-electron chi connectivity index (χ1n) is 8.96. The van der Waals surface area contributed by atoms with Gasteiger partial charge in [0, 0.05) is 38.2 Å². The molecule has 1 aromatic heterocycles. The third kappa shape index (κ3) is 6.74. The van der Waals surface area contributed by atoms with Crippen molar-refractivity contribution >= 4 is 29.9 Å². The molecule has 2 rings (SSSR count). The van der Waals surface area contributed by atoms with Gasteiger partial charge in [0.1, 0.15) is 5.76 Å². The maximum Gasteiger partial charge on any atom is 0.191 e. The van der Waals surface area contributed by atoms with E-state index in [9.17, 15) is 0 Å². The van der Waals surface area contributed by atoms with Crippen LogP contribution in [0.3, 0.4) is 0 Å². The molecule has 1 fully saturated rings. The van der Waals surface area contributed by atoms with Gasteiger partial charge in [0.2, 0.25) is 0 Å². The summed E-state index contributed by atoms with van der Waals surface area (Å²) in [7, 11) is 2.12. The number of halogens is 1. The van der Waals surface area contributed by atoms with Gasteiger partial charge in [0.25, 0.3) is 0 Å². The zero-order valence-electron chi connectivity index (χ0n) is 15.8. The third-order valence-corrected chi connectivity index (χ3v) is 4.19. The molecular formula is C17H32IN5O2. The Morgan fingerprint density at radius 3 is 2.72 bits per heavy atom. The highest BCUT2D eigenvalue weighted by molar-refractivity contribution is 14.0. The number of aromatic nitrogens is 1. The molecule has 1 aliphatic heterocycles. The highest BCUT2D eigenvalue weighted by Crippen LogP contribution is 2.16. The van der Waals surface area contributed by atoms with Crippen LogP contribution in [0.15, 0.2) is 9.52 Å². The van der Waals surface area contributed by atoms with Crippen molar-refractivity contribution in [1.29, 1.82) is 0 Å². The number of morpholine rings is 1. The average molecular weight is 465 g/mol. The first-order chi connectivity index (χ1) is 11.7. The first-order valence-corrected chi connectivity index (χ1v) is 8.96. The second-order valence-electron chi connectivity index (χ2n) is 6.07.